The van der Waals surface area contributed by atoms with Gasteiger partial charge in [-0.25, -0.2) is 0 Å². The maximum atomic E-state index is 5.70. The number of nitrogens with zero attached hydrogens (tertiary/aromatic N) is 1. The zero-order chi connectivity index (χ0) is 14.1. The van der Waals surface area contributed by atoms with E-state index in [9.17, 15) is 0 Å². The average Bonchev–Trinajstić information content (AvgIpc) is 2.40. The van der Waals surface area contributed by atoms with Gasteiger partial charge < -0.3 is 5.73 Å². The van der Waals surface area contributed by atoms with Crippen LogP contribution in [-0.4, -0.2) is 24.0 Å². The molecule has 1 aromatic rings. The first-order valence-corrected chi connectivity index (χ1v) is 7.70. The number of nitrogens with two attached hydrogens (primary N) is 1. The molecule has 0 saturated heterocycles. The third-order valence-corrected chi connectivity index (χ3v) is 3.68. The molecule has 0 fully saturated rings. The molecule has 0 aromatic heterocycles. The van der Waals surface area contributed by atoms with Gasteiger partial charge >= 0.3 is 0 Å². The molecule has 0 radical (unpaired) electrons. The molecule has 0 spiro atoms. The molecule has 1 rings (SSSR count). The van der Waals surface area contributed by atoms with Crippen LogP contribution >= 0.6 is 0 Å². The zero-order valence-electron chi connectivity index (χ0n) is 12.9. The Bertz CT molecular complexity index is 347. The third kappa shape index (κ3) is 5.75. The number of hydrogen-bond acceptors (Lipinski definition) is 2. The maximum absolute atomic E-state index is 5.70. The van der Waals surface area contributed by atoms with Gasteiger partial charge in [-0.15, -0.1) is 0 Å². The lowest BCUT2D eigenvalue weighted by Crippen LogP contribution is -2.31. The molecule has 0 aliphatic rings. The summed E-state index contributed by atoms with van der Waals surface area (Å²) in [6.07, 6.45) is 4.90. The van der Waals surface area contributed by atoms with Gasteiger partial charge in [0.15, 0.2) is 0 Å². The van der Waals surface area contributed by atoms with Gasteiger partial charge in [0.2, 0.25) is 0 Å². The smallest absolute Gasteiger partial charge is 0.0239 e. The van der Waals surface area contributed by atoms with Crippen molar-refractivity contribution in [2.24, 2.45) is 5.73 Å². The Morgan fingerprint density at radius 3 is 2.37 bits per heavy atom. The van der Waals surface area contributed by atoms with Gasteiger partial charge in [0.1, 0.15) is 0 Å². The fourth-order valence-corrected chi connectivity index (χ4v) is 2.41. The standard InChI is InChI=1S/C17H30N2/c1-4-5-8-13-19(15(2)3)14-17-10-7-6-9-16(17)11-12-18/h6-7,9-10,15H,4-5,8,11-14,18H2,1-3H3. The summed E-state index contributed by atoms with van der Waals surface area (Å²) in [6.45, 7) is 9.82. The molecule has 108 valence electrons. The lowest BCUT2D eigenvalue weighted by Gasteiger charge is -2.27. The minimum Gasteiger partial charge on any atom is -0.330 e. The summed E-state index contributed by atoms with van der Waals surface area (Å²) in [5.74, 6) is 0. The molecule has 0 aliphatic carbocycles. The van der Waals surface area contributed by atoms with Crippen LogP contribution in [0.15, 0.2) is 24.3 Å². The number of rotatable bonds is 9. The maximum Gasteiger partial charge on any atom is 0.0239 e. The van der Waals surface area contributed by atoms with E-state index in [-0.39, 0.29) is 0 Å². The lowest BCUT2D eigenvalue weighted by atomic mass is 10.0. The largest absolute Gasteiger partial charge is 0.330 e. The number of benzene rings is 1. The highest BCUT2D eigenvalue weighted by Crippen LogP contribution is 2.15. The van der Waals surface area contributed by atoms with Gasteiger partial charge in [-0.2, -0.15) is 0 Å². The Labute approximate surface area is 119 Å². The van der Waals surface area contributed by atoms with Gasteiger partial charge in [0.25, 0.3) is 0 Å². The summed E-state index contributed by atoms with van der Waals surface area (Å²) in [6, 6.07) is 9.32. The Morgan fingerprint density at radius 1 is 1.11 bits per heavy atom. The van der Waals surface area contributed by atoms with Crippen LogP contribution in [0.3, 0.4) is 0 Å². The molecule has 2 N–H and O–H groups in total. The van der Waals surface area contributed by atoms with Crippen molar-refractivity contribution in [3.8, 4) is 0 Å². The molecule has 0 heterocycles. The van der Waals surface area contributed by atoms with Gasteiger partial charge in [-0.1, -0.05) is 44.0 Å². The highest BCUT2D eigenvalue weighted by molar-refractivity contribution is 5.27. The Morgan fingerprint density at radius 2 is 1.79 bits per heavy atom. The van der Waals surface area contributed by atoms with E-state index < -0.39 is 0 Å². The van der Waals surface area contributed by atoms with E-state index in [1.807, 2.05) is 0 Å². The first-order valence-electron chi connectivity index (χ1n) is 7.70. The summed E-state index contributed by atoms with van der Waals surface area (Å²) in [7, 11) is 0. The minimum absolute atomic E-state index is 0.600. The highest BCUT2D eigenvalue weighted by atomic mass is 15.1. The number of unbranched alkanes of at least 4 members (excludes halogenated alkanes) is 2. The second-order valence-electron chi connectivity index (χ2n) is 5.58. The van der Waals surface area contributed by atoms with E-state index in [2.05, 4.69) is 49.9 Å². The second-order valence-corrected chi connectivity index (χ2v) is 5.58. The van der Waals surface area contributed by atoms with E-state index >= 15 is 0 Å². The molecule has 0 saturated carbocycles. The molecular weight excluding hydrogens is 232 g/mol. The Hall–Kier alpha value is -0.860. The monoisotopic (exact) mass is 262 g/mol. The molecule has 0 aliphatic heterocycles. The van der Waals surface area contributed by atoms with Crippen LogP contribution in [0, 0.1) is 0 Å². The lowest BCUT2D eigenvalue weighted by molar-refractivity contribution is 0.208. The van der Waals surface area contributed by atoms with E-state index in [0.717, 1.165) is 19.5 Å². The second kappa shape index (κ2) is 9.11. The van der Waals surface area contributed by atoms with E-state index in [1.54, 1.807) is 0 Å². The van der Waals surface area contributed by atoms with Gasteiger partial charge in [0.05, 0.1) is 0 Å². The summed E-state index contributed by atoms with van der Waals surface area (Å²) >= 11 is 0. The fourth-order valence-electron chi connectivity index (χ4n) is 2.41. The minimum atomic E-state index is 0.600. The van der Waals surface area contributed by atoms with E-state index in [1.165, 1.54) is 36.9 Å². The van der Waals surface area contributed by atoms with E-state index in [4.69, 9.17) is 5.73 Å². The molecule has 2 heteroatoms. The molecule has 19 heavy (non-hydrogen) atoms. The van der Waals surface area contributed by atoms with Crippen molar-refractivity contribution in [2.75, 3.05) is 13.1 Å². The van der Waals surface area contributed by atoms with Crippen molar-refractivity contribution >= 4 is 0 Å². The van der Waals surface area contributed by atoms with Crippen molar-refractivity contribution in [2.45, 2.75) is 59.0 Å². The van der Waals surface area contributed by atoms with Crippen LogP contribution < -0.4 is 5.73 Å². The Balaban J connectivity index is 2.67. The first-order chi connectivity index (χ1) is 9.19. The molecule has 0 amide bonds. The van der Waals surface area contributed by atoms with Crippen molar-refractivity contribution in [3.63, 3.8) is 0 Å². The van der Waals surface area contributed by atoms with Gasteiger partial charge in [-0.3, -0.25) is 4.90 Å². The Kier molecular flexibility index (Phi) is 7.76. The van der Waals surface area contributed by atoms with Gasteiger partial charge in [0, 0.05) is 12.6 Å². The van der Waals surface area contributed by atoms with Gasteiger partial charge in [-0.05, 0) is 50.9 Å². The van der Waals surface area contributed by atoms with Crippen LogP contribution in [0.2, 0.25) is 0 Å². The van der Waals surface area contributed by atoms with Crippen LogP contribution in [0.4, 0.5) is 0 Å². The summed E-state index contributed by atoms with van der Waals surface area (Å²) in [4.78, 5) is 2.57. The number of hydrogen-bond donors (Lipinski definition) is 1. The zero-order valence-corrected chi connectivity index (χ0v) is 12.9. The van der Waals surface area contributed by atoms with Crippen LogP contribution in [-0.2, 0) is 13.0 Å². The van der Waals surface area contributed by atoms with Crippen molar-refractivity contribution in [3.05, 3.63) is 35.4 Å². The molecule has 1 aromatic carbocycles. The SMILES string of the molecule is CCCCCN(Cc1ccccc1CCN)C(C)C. The quantitative estimate of drug-likeness (QED) is 0.689. The predicted octanol–water partition coefficient (Wildman–Crippen LogP) is 3.59. The van der Waals surface area contributed by atoms with Crippen LogP contribution in [0.1, 0.15) is 51.2 Å². The summed E-state index contributed by atoms with van der Waals surface area (Å²) in [5, 5.41) is 0. The average molecular weight is 262 g/mol. The van der Waals surface area contributed by atoms with Crippen molar-refractivity contribution < 1.29 is 0 Å². The summed E-state index contributed by atoms with van der Waals surface area (Å²) in [5.41, 5.74) is 8.56. The fraction of sp³-hybridized carbons (Fsp3) is 0.647. The third-order valence-electron chi connectivity index (χ3n) is 3.68. The molecule has 0 bridgehead atoms. The first kappa shape index (κ1) is 16.2. The molecule has 2 nitrogen and oxygen atoms in total. The summed E-state index contributed by atoms with van der Waals surface area (Å²) < 4.78 is 0. The molecule has 0 atom stereocenters. The highest BCUT2D eigenvalue weighted by Gasteiger charge is 2.11. The van der Waals surface area contributed by atoms with Crippen LogP contribution in [0.5, 0.6) is 0 Å². The van der Waals surface area contributed by atoms with E-state index in [0.29, 0.717) is 6.04 Å². The molecule has 0 unspecified atom stereocenters. The molecular formula is C17H30N2. The van der Waals surface area contributed by atoms with Crippen LogP contribution in [0.25, 0.3) is 0 Å². The predicted molar refractivity (Wildman–Crippen MR) is 84.3 cm³/mol. The van der Waals surface area contributed by atoms with Crippen molar-refractivity contribution in [1.29, 1.82) is 0 Å². The topological polar surface area (TPSA) is 29.3 Å². The van der Waals surface area contributed by atoms with Crippen molar-refractivity contribution in [1.82, 2.24) is 4.90 Å². The normalized spacial score (nSPS) is 11.5.